The lowest BCUT2D eigenvalue weighted by molar-refractivity contribution is 0.621. The molecule has 1 fully saturated rings. The number of nitrogens with two attached hydrogens (primary N) is 1. The average Bonchev–Trinajstić information content (AvgIpc) is 2.30. The van der Waals surface area contributed by atoms with E-state index in [0.29, 0.717) is 17.9 Å². The maximum absolute atomic E-state index is 13.3. The van der Waals surface area contributed by atoms with Crippen molar-refractivity contribution in [2.24, 2.45) is 5.73 Å². The van der Waals surface area contributed by atoms with Gasteiger partial charge in [-0.1, -0.05) is 0 Å². The van der Waals surface area contributed by atoms with Gasteiger partial charge in [0.15, 0.2) is 0 Å². The van der Waals surface area contributed by atoms with Gasteiger partial charge in [-0.2, -0.15) is 0 Å². The molecule has 1 heterocycles. The summed E-state index contributed by atoms with van der Waals surface area (Å²) in [6, 6.07) is 4.85. The average molecular weight is 270 g/mol. The van der Waals surface area contributed by atoms with Gasteiger partial charge in [-0.3, -0.25) is 4.21 Å². The Bertz CT molecular complexity index is 441. The van der Waals surface area contributed by atoms with Gasteiger partial charge in [0.05, 0.1) is 0 Å². The Morgan fingerprint density at radius 1 is 1.44 bits per heavy atom. The molecule has 1 aromatic carbocycles. The first-order chi connectivity index (χ1) is 8.56. The summed E-state index contributed by atoms with van der Waals surface area (Å²) in [6.45, 7) is 3.45. The number of anilines is 1. The fourth-order valence-electron chi connectivity index (χ4n) is 2.25. The minimum absolute atomic E-state index is 0.00414. The van der Waals surface area contributed by atoms with Crippen LogP contribution in [0.2, 0.25) is 0 Å². The van der Waals surface area contributed by atoms with Crippen LogP contribution in [0, 0.1) is 5.82 Å². The summed E-state index contributed by atoms with van der Waals surface area (Å²) in [4.78, 5) is 2.18. The molecular weight excluding hydrogens is 251 g/mol. The molecule has 100 valence electrons. The normalized spacial score (nSPS) is 18.9. The Kier molecular flexibility index (Phi) is 4.35. The van der Waals surface area contributed by atoms with Gasteiger partial charge in [0.1, 0.15) is 5.82 Å². The Labute approximate surface area is 110 Å². The van der Waals surface area contributed by atoms with Gasteiger partial charge in [0, 0.05) is 47.1 Å². The Morgan fingerprint density at radius 3 is 2.72 bits per heavy atom. The van der Waals surface area contributed by atoms with Crippen LogP contribution in [-0.2, 0) is 17.2 Å². The fraction of sp³-hybridized carbons (Fsp3) is 0.538. The van der Waals surface area contributed by atoms with E-state index in [9.17, 15) is 8.60 Å². The summed E-state index contributed by atoms with van der Waals surface area (Å²) >= 11 is 0. The topological polar surface area (TPSA) is 46.3 Å². The highest BCUT2D eigenvalue weighted by molar-refractivity contribution is 7.85. The van der Waals surface area contributed by atoms with Gasteiger partial charge in [-0.25, -0.2) is 4.39 Å². The van der Waals surface area contributed by atoms with E-state index < -0.39 is 10.8 Å². The van der Waals surface area contributed by atoms with Crippen LogP contribution in [0.25, 0.3) is 0 Å². The standard InChI is InChI=1S/C13H19FN2OS/c1-10(15)8-11-9-12(14)2-3-13(11)16-4-6-18(17)7-5-16/h2-3,9-10H,4-8,15H2,1H3. The number of benzene rings is 1. The number of halogens is 1. The van der Waals surface area contributed by atoms with Crippen molar-refractivity contribution in [1.82, 2.24) is 0 Å². The molecule has 5 heteroatoms. The molecular formula is C13H19FN2OS. The van der Waals surface area contributed by atoms with Crippen molar-refractivity contribution < 1.29 is 8.60 Å². The minimum atomic E-state index is -0.697. The van der Waals surface area contributed by atoms with Crippen LogP contribution in [0.4, 0.5) is 10.1 Å². The Morgan fingerprint density at radius 2 is 2.11 bits per heavy atom. The van der Waals surface area contributed by atoms with Crippen molar-refractivity contribution in [3.8, 4) is 0 Å². The first-order valence-corrected chi connectivity index (χ1v) is 7.69. The molecule has 18 heavy (non-hydrogen) atoms. The van der Waals surface area contributed by atoms with Crippen LogP contribution in [0.5, 0.6) is 0 Å². The molecule has 1 aliphatic rings. The summed E-state index contributed by atoms with van der Waals surface area (Å²) in [5.41, 5.74) is 7.78. The van der Waals surface area contributed by atoms with Crippen LogP contribution >= 0.6 is 0 Å². The summed E-state index contributed by atoms with van der Waals surface area (Å²) in [5, 5.41) is 0. The lowest BCUT2D eigenvalue weighted by atomic mass is 10.0. The lowest BCUT2D eigenvalue weighted by Crippen LogP contribution is -2.38. The molecule has 0 saturated carbocycles. The monoisotopic (exact) mass is 270 g/mol. The van der Waals surface area contributed by atoms with Gasteiger partial charge >= 0.3 is 0 Å². The zero-order chi connectivity index (χ0) is 13.1. The molecule has 3 nitrogen and oxygen atoms in total. The maximum Gasteiger partial charge on any atom is 0.123 e. The van der Waals surface area contributed by atoms with Crippen molar-refractivity contribution in [2.45, 2.75) is 19.4 Å². The predicted molar refractivity (Wildman–Crippen MR) is 73.8 cm³/mol. The quantitative estimate of drug-likeness (QED) is 0.900. The van der Waals surface area contributed by atoms with Gasteiger partial charge in [-0.05, 0) is 37.1 Å². The molecule has 0 aromatic heterocycles. The molecule has 0 bridgehead atoms. The van der Waals surface area contributed by atoms with Crippen LogP contribution in [0.3, 0.4) is 0 Å². The molecule has 1 aromatic rings. The van der Waals surface area contributed by atoms with Crippen LogP contribution in [-0.4, -0.2) is 34.8 Å². The van der Waals surface area contributed by atoms with E-state index in [-0.39, 0.29) is 11.9 Å². The van der Waals surface area contributed by atoms with Gasteiger partial charge in [-0.15, -0.1) is 0 Å². The van der Waals surface area contributed by atoms with E-state index in [1.54, 1.807) is 12.1 Å². The summed E-state index contributed by atoms with van der Waals surface area (Å²) < 4.78 is 24.7. The number of nitrogens with zero attached hydrogens (tertiary/aromatic N) is 1. The summed E-state index contributed by atoms with van der Waals surface area (Å²) in [6.07, 6.45) is 0.659. The third-order valence-electron chi connectivity index (χ3n) is 3.10. The second-order valence-electron chi connectivity index (χ2n) is 4.79. The zero-order valence-electron chi connectivity index (χ0n) is 10.6. The number of rotatable bonds is 3. The van der Waals surface area contributed by atoms with E-state index in [1.165, 1.54) is 6.07 Å². The van der Waals surface area contributed by atoms with E-state index in [0.717, 1.165) is 24.3 Å². The SMILES string of the molecule is CC(N)Cc1cc(F)ccc1N1CCS(=O)CC1. The van der Waals surface area contributed by atoms with Gasteiger partial charge < -0.3 is 10.6 Å². The van der Waals surface area contributed by atoms with Gasteiger partial charge in [0.2, 0.25) is 0 Å². The number of hydrogen-bond acceptors (Lipinski definition) is 3. The minimum Gasteiger partial charge on any atom is -0.369 e. The van der Waals surface area contributed by atoms with E-state index in [2.05, 4.69) is 4.90 Å². The maximum atomic E-state index is 13.3. The molecule has 2 rings (SSSR count). The predicted octanol–water partition coefficient (Wildman–Crippen LogP) is 1.28. The molecule has 0 amide bonds. The second-order valence-corrected chi connectivity index (χ2v) is 6.49. The molecule has 1 unspecified atom stereocenters. The first-order valence-electron chi connectivity index (χ1n) is 6.20. The van der Waals surface area contributed by atoms with Crippen LogP contribution in [0.15, 0.2) is 18.2 Å². The third-order valence-corrected chi connectivity index (χ3v) is 4.38. The highest BCUT2D eigenvalue weighted by Crippen LogP contribution is 2.24. The molecule has 1 aliphatic heterocycles. The van der Waals surface area contributed by atoms with Crippen molar-refractivity contribution in [3.05, 3.63) is 29.6 Å². The zero-order valence-corrected chi connectivity index (χ0v) is 11.4. The Hall–Kier alpha value is -0.940. The van der Waals surface area contributed by atoms with Crippen molar-refractivity contribution in [1.29, 1.82) is 0 Å². The largest absolute Gasteiger partial charge is 0.369 e. The summed E-state index contributed by atoms with van der Waals surface area (Å²) in [5.74, 6) is 1.15. The van der Waals surface area contributed by atoms with Crippen LogP contribution in [0.1, 0.15) is 12.5 Å². The smallest absolute Gasteiger partial charge is 0.123 e. The van der Waals surface area contributed by atoms with Crippen LogP contribution < -0.4 is 10.6 Å². The Balaban J connectivity index is 2.23. The number of hydrogen-bond donors (Lipinski definition) is 1. The third kappa shape index (κ3) is 3.29. The molecule has 0 aliphatic carbocycles. The lowest BCUT2D eigenvalue weighted by Gasteiger charge is -2.30. The van der Waals surface area contributed by atoms with Gasteiger partial charge in [0.25, 0.3) is 0 Å². The summed E-state index contributed by atoms with van der Waals surface area (Å²) in [7, 11) is -0.697. The molecule has 0 radical (unpaired) electrons. The first kappa shape index (κ1) is 13.5. The van der Waals surface area contributed by atoms with Crippen molar-refractivity contribution in [2.75, 3.05) is 29.5 Å². The van der Waals surface area contributed by atoms with Crippen molar-refractivity contribution in [3.63, 3.8) is 0 Å². The highest BCUT2D eigenvalue weighted by Gasteiger charge is 2.18. The molecule has 1 saturated heterocycles. The second kappa shape index (κ2) is 5.80. The molecule has 2 N–H and O–H groups in total. The van der Waals surface area contributed by atoms with Crippen molar-refractivity contribution >= 4 is 16.5 Å². The van der Waals surface area contributed by atoms with E-state index in [4.69, 9.17) is 5.73 Å². The molecule has 1 atom stereocenters. The fourth-order valence-corrected chi connectivity index (χ4v) is 3.30. The molecule has 0 spiro atoms. The highest BCUT2D eigenvalue weighted by atomic mass is 32.2. The van der Waals surface area contributed by atoms with E-state index >= 15 is 0 Å². The van der Waals surface area contributed by atoms with E-state index in [1.807, 2.05) is 6.92 Å².